The molecule has 4 nitrogen and oxygen atoms in total. The Labute approximate surface area is 137 Å². The first-order valence-electron chi connectivity index (χ1n) is 7.90. The molecule has 0 saturated heterocycles. The summed E-state index contributed by atoms with van der Waals surface area (Å²) in [7, 11) is 0. The largest absolute Gasteiger partial charge is 0.489 e. The number of carbonyl (C=O) groups is 1. The highest BCUT2D eigenvalue weighted by Gasteiger charge is 2.10. The predicted molar refractivity (Wildman–Crippen MR) is 93.7 cm³/mol. The van der Waals surface area contributed by atoms with Crippen LogP contribution in [0.5, 0.6) is 5.75 Å². The molecule has 0 heterocycles. The topological polar surface area (TPSA) is 50.4 Å². The van der Waals surface area contributed by atoms with Crippen LogP contribution in [0.15, 0.2) is 54.6 Å². The van der Waals surface area contributed by atoms with Crippen molar-refractivity contribution in [2.45, 2.75) is 32.9 Å². The number of ether oxygens (including phenoxy) is 1. The Morgan fingerprint density at radius 1 is 1.00 bits per heavy atom. The highest BCUT2D eigenvalue weighted by atomic mass is 16.5. The van der Waals surface area contributed by atoms with Crippen molar-refractivity contribution in [3.63, 3.8) is 0 Å². The van der Waals surface area contributed by atoms with E-state index in [2.05, 4.69) is 10.6 Å². The van der Waals surface area contributed by atoms with E-state index in [0.29, 0.717) is 0 Å². The van der Waals surface area contributed by atoms with E-state index in [0.717, 1.165) is 17.0 Å². The number of hydrogen-bond donors (Lipinski definition) is 2. The number of anilines is 1. The Morgan fingerprint density at radius 2 is 1.65 bits per heavy atom. The van der Waals surface area contributed by atoms with Crippen LogP contribution in [0.25, 0.3) is 0 Å². The second-order valence-electron chi connectivity index (χ2n) is 5.72. The summed E-state index contributed by atoms with van der Waals surface area (Å²) in [6, 6.07) is 17.5. The number of hydrogen-bond acceptors (Lipinski definition) is 3. The zero-order chi connectivity index (χ0) is 16.7. The van der Waals surface area contributed by atoms with Crippen LogP contribution in [-0.2, 0) is 4.79 Å². The normalized spacial score (nSPS) is 11.8. The van der Waals surface area contributed by atoms with Crippen LogP contribution in [0, 0.1) is 0 Å². The minimum atomic E-state index is -0.0549. The molecule has 1 amide bonds. The number of amides is 1. The number of rotatable bonds is 7. The van der Waals surface area contributed by atoms with Crippen LogP contribution in [0.1, 0.15) is 32.4 Å². The number of carbonyl (C=O) groups excluding carboxylic acids is 1. The summed E-state index contributed by atoms with van der Waals surface area (Å²) in [4.78, 5) is 12.1. The molecule has 0 aliphatic carbocycles. The molecule has 2 aromatic carbocycles. The van der Waals surface area contributed by atoms with Crippen molar-refractivity contribution in [2.24, 2.45) is 0 Å². The molecule has 2 N–H and O–H groups in total. The van der Waals surface area contributed by atoms with Gasteiger partial charge in [0.2, 0.25) is 5.91 Å². The summed E-state index contributed by atoms with van der Waals surface area (Å²) in [6.45, 7) is 6.13. The lowest BCUT2D eigenvalue weighted by Gasteiger charge is -2.17. The second-order valence-corrected chi connectivity index (χ2v) is 5.72. The van der Waals surface area contributed by atoms with Gasteiger partial charge in [0, 0.05) is 0 Å². The maximum atomic E-state index is 12.1. The van der Waals surface area contributed by atoms with Gasteiger partial charge in [-0.15, -0.1) is 0 Å². The van der Waals surface area contributed by atoms with Crippen molar-refractivity contribution >= 4 is 11.6 Å². The van der Waals surface area contributed by atoms with Crippen LogP contribution in [0.2, 0.25) is 0 Å². The van der Waals surface area contributed by atoms with Gasteiger partial charge in [-0.05, 0) is 38.5 Å². The Bertz CT molecular complexity index is 626. The number of benzene rings is 2. The highest BCUT2D eigenvalue weighted by Crippen LogP contribution is 2.24. The van der Waals surface area contributed by atoms with Gasteiger partial charge in [0.05, 0.1) is 24.4 Å². The third-order valence-electron chi connectivity index (χ3n) is 3.37. The fourth-order valence-electron chi connectivity index (χ4n) is 2.26. The van der Waals surface area contributed by atoms with Crippen LogP contribution >= 0.6 is 0 Å². The quantitative estimate of drug-likeness (QED) is 0.818. The van der Waals surface area contributed by atoms with Crippen molar-refractivity contribution < 1.29 is 9.53 Å². The molecule has 0 aliphatic rings. The molecule has 1 unspecified atom stereocenters. The lowest BCUT2D eigenvalue weighted by molar-refractivity contribution is -0.120. The molecular formula is C19H24N2O2. The van der Waals surface area contributed by atoms with Crippen molar-refractivity contribution in [3.8, 4) is 5.75 Å². The molecule has 0 radical (unpaired) electrons. The van der Waals surface area contributed by atoms with Gasteiger partial charge in [-0.3, -0.25) is 4.79 Å². The van der Waals surface area contributed by atoms with Gasteiger partial charge in [0.15, 0.2) is 0 Å². The summed E-state index contributed by atoms with van der Waals surface area (Å²) >= 11 is 0. The Hall–Kier alpha value is -2.49. The monoisotopic (exact) mass is 312 g/mol. The molecule has 2 aromatic rings. The van der Waals surface area contributed by atoms with Crippen LogP contribution < -0.4 is 15.4 Å². The van der Waals surface area contributed by atoms with Gasteiger partial charge in [-0.2, -0.15) is 0 Å². The van der Waals surface area contributed by atoms with E-state index in [-0.39, 0.29) is 24.6 Å². The number of para-hydroxylation sites is 2. The van der Waals surface area contributed by atoms with Crippen LogP contribution in [-0.4, -0.2) is 18.6 Å². The summed E-state index contributed by atoms with van der Waals surface area (Å²) in [5.41, 5.74) is 1.91. The Kier molecular flexibility index (Phi) is 6.03. The first kappa shape index (κ1) is 16.9. The minimum absolute atomic E-state index is 0.0207. The molecule has 0 bridgehead atoms. The van der Waals surface area contributed by atoms with Gasteiger partial charge < -0.3 is 15.4 Å². The van der Waals surface area contributed by atoms with E-state index >= 15 is 0 Å². The summed E-state index contributed by atoms with van der Waals surface area (Å²) < 4.78 is 5.73. The maximum absolute atomic E-state index is 12.1. The SMILES string of the molecule is CC(C)Oc1ccccc1NCC(=O)NC(C)c1ccccc1. The van der Waals surface area contributed by atoms with Gasteiger partial charge in [0.1, 0.15) is 5.75 Å². The third kappa shape index (κ3) is 5.33. The fraction of sp³-hybridized carbons (Fsp3) is 0.316. The van der Waals surface area contributed by atoms with Gasteiger partial charge in [-0.25, -0.2) is 0 Å². The van der Waals surface area contributed by atoms with Gasteiger partial charge >= 0.3 is 0 Å². The van der Waals surface area contributed by atoms with Gasteiger partial charge in [0.25, 0.3) is 0 Å². The number of nitrogens with one attached hydrogen (secondary N) is 2. The molecule has 0 aromatic heterocycles. The molecular weight excluding hydrogens is 288 g/mol. The molecule has 4 heteroatoms. The van der Waals surface area contributed by atoms with E-state index < -0.39 is 0 Å². The van der Waals surface area contributed by atoms with E-state index in [4.69, 9.17) is 4.74 Å². The van der Waals surface area contributed by atoms with E-state index in [1.165, 1.54) is 0 Å². The van der Waals surface area contributed by atoms with Crippen LogP contribution in [0.4, 0.5) is 5.69 Å². The molecule has 0 aliphatic heterocycles. The first-order valence-corrected chi connectivity index (χ1v) is 7.90. The molecule has 122 valence electrons. The molecule has 0 fully saturated rings. The Balaban J connectivity index is 1.90. The molecule has 0 spiro atoms. The first-order chi connectivity index (χ1) is 11.1. The van der Waals surface area contributed by atoms with E-state index in [9.17, 15) is 4.79 Å². The van der Waals surface area contributed by atoms with Gasteiger partial charge in [-0.1, -0.05) is 42.5 Å². The molecule has 2 rings (SSSR count). The van der Waals surface area contributed by atoms with Crippen molar-refractivity contribution in [1.82, 2.24) is 5.32 Å². The summed E-state index contributed by atoms with van der Waals surface area (Å²) in [5, 5.41) is 6.12. The zero-order valence-electron chi connectivity index (χ0n) is 13.9. The van der Waals surface area contributed by atoms with E-state index in [1.54, 1.807) is 0 Å². The highest BCUT2D eigenvalue weighted by molar-refractivity contribution is 5.81. The lowest BCUT2D eigenvalue weighted by atomic mass is 10.1. The van der Waals surface area contributed by atoms with Crippen LogP contribution in [0.3, 0.4) is 0 Å². The Morgan fingerprint density at radius 3 is 2.35 bits per heavy atom. The average Bonchev–Trinajstić information content (AvgIpc) is 2.54. The minimum Gasteiger partial charge on any atom is -0.489 e. The zero-order valence-corrected chi connectivity index (χ0v) is 13.9. The summed E-state index contributed by atoms with van der Waals surface area (Å²) in [5.74, 6) is 0.701. The van der Waals surface area contributed by atoms with E-state index in [1.807, 2.05) is 75.4 Å². The predicted octanol–water partition coefficient (Wildman–Crippen LogP) is 3.76. The smallest absolute Gasteiger partial charge is 0.239 e. The lowest BCUT2D eigenvalue weighted by Crippen LogP contribution is -2.32. The van der Waals surface area contributed by atoms with Crippen molar-refractivity contribution in [3.05, 3.63) is 60.2 Å². The fourth-order valence-corrected chi connectivity index (χ4v) is 2.26. The van der Waals surface area contributed by atoms with Crippen molar-refractivity contribution in [2.75, 3.05) is 11.9 Å². The van der Waals surface area contributed by atoms with Crippen molar-refractivity contribution in [1.29, 1.82) is 0 Å². The molecule has 23 heavy (non-hydrogen) atoms. The maximum Gasteiger partial charge on any atom is 0.239 e. The second kappa shape index (κ2) is 8.22. The molecule has 1 atom stereocenters. The molecule has 0 saturated carbocycles. The standard InChI is InChI=1S/C19H24N2O2/c1-14(2)23-18-12-8-7-11-17(18)20-13-19(22)21-15(3)16-9-5-4-6-10-16/h4-12,14-15,20H,13H2,1-3H3,(H,21,22). The third-order valence-corrected chi connectivity index (χ3v) is 3.37. The summed E-state index contributed by atoms with van der Waals surface area (Å²) in [6.07, 6.45) is 0.0879. The average molecular weight is 312 g/mol.